The molecule has 1 amide bonds. The molecular weight excluding hydrogens is 366 g/mol. The number of nitrogens with zero attached hydrogens (tertiary/aromatic N) is 3. The van der Waals surface area contributed by atoms with Crippen LogP contribution in [0.1, 0.15) is 10.4 Å². The average Bonchev–Trinajstić information content (AvgIpc) is 2.95. The van der Waals surface area contributed by atoms with Crippen LogP contribution in [0, 0.1) is 0 Å². The van der Waals surface area contributed by atoms with Crippen molar-refractivity contribution in [1.29, 1.82) is 0 Å². The molecule has 0 saturated carbocycles. The number of aromatic nitrogens is 1. The van der Waals surface area contributed by atoms with Crippen molar-refractivity contribution in [2.75, 3.05) is 0 Å². The van der Waals surface area contributed by atoms with Crippen molar-refractivity contribution < 1.29 is 18.3 Å². The van der Waals surface area contributed by atoms with Crippen LogP contribution in [0.5, 0.6) is 5.75 Å². The fraction of sp³-hybridized carbons (Fsp3) is 0. The molecule has 1 heterocycles. The number of azo groups is 1. The van der Waals surface area contributed by atoms with E-state index in [0.717, 1.165) is 11.5 Å². The number of hydrogen-bond acceptors (Lipinski definition) is 8. The third-order valence-electron chi connectivity index (χ3n) is 3.26. The van der Waals surface area contributed by atoms with Crippen molar-refractivity contribution in [2.24, 2.45) is 21.1 Å². The Morgan fingerprint density at radius 2 is 1.92 bits per heavy atom. The number of nitrogens with two attached hydrogens (primary N) is 2. The van der Waals surface area contributed by atoms with E-state index in [2.05, 4.69) is 14.6 Å². The molecule has 0 atom stereocenters. The number of benzene rings is 2. The molecule has 2 aromatic carbocycles. The summed E-state index contributed by atoms with van der Waals surface area (Å²) in [5.41, 5.74) is 5.92. The molecule has 0 spiro atoms. The zero-order chi connectivity index (χ0) is 18.2. The van der Waals surface area contributed by atoms with E-state index in [1.165, 1.54) is 36.4 Å². The van der Waals surface area contributed by atoms with E-state index < -0.39 is 15.9 Å². The first-order valence-corrected chi connectivity index (χ1v) is 9.04. The van der Waals surface area contributed by atoms with Crippen LogP contribution >= 0.6 is 11.5 Å². The molecule has 0 radical (unpaired) electrons. The number of aromatic hydroxyl groups is 1. The van der Waals surface area contributed by atoms with E-state index in [0.29, 0.717) is 15.9 Å². The fourth-order valence-corrected chi connectivity index (χ4v) is 3.27. The Kier molecular flexibility index (Phi) is 4.20. The summed E-state index contributed by atoms with van der Waals surface area (Å²) in [6.07, 6.45) is 0. The first-order chi connectivity index (χ1) is 11.8. The van der Waals surface area contributed by atoms with Crippen molar-refractivity contribution in [3.8, 4) is 5.75 Å². The largest absolute Gasteiger partial charge is 0.507 e. The van der Waals surface area contributed by atoms with E-state index in [1.807, 2.05) is 0 Å². The van der Waals surface area contributed by atoms with E-state index in [-0.39, 0.29) is 21.9 Å². The van der Waals surface area contributed by atoms with Crippen LogP contribution in [0.2, 0.25) is 0 Å². The Labute approximate surface area is 145 Å². The summed E-state index contributed by atoms with van der Waals surface area (Å²) in [5.74, 6) is -1.05. The highest BCUT2D eigenvalue weighted by molar-refractivity contribution is 7.89. The number of hydrogen-bond donors (Lipinski definition) is 3. The Bertz CT molecular complexity index is 1120. The number of primary sulfonamides is 1. The number of carbonyl (C=O) groups excluding carboxylic acids is 1. The molecule has 0 aliphatic carbocycles. The average molecular weight is 377 g/mol. The Balaban J connectivity index is 2.02. The monoisotopic (exact) mass is 377 g/mol. The molecule has 3 aromatic rings. The highest BCUT2D eigenvalue weighted by Crippen LogP contribution is 2.33. The van der Waals surface area contributed by atoms with E-state index >= 15 is 0 Å². The lowest BCUT2D eigenvalue weighted by Crippen LogP contribution is -2.11. The number of fused-ring (bicyclic) bond motifs is 1. The minimum Gasteiger partial charge on any atom is -0.507 e. The number of amides is 1. The van der Waals surface area contributed by atoms with E-state index in [4.69, 9.17) is 10.9 Å². The van der Waals surface area contributed by atoms with E-state index in [9.17, 15) is 18.3 Å². The third-order valence-corrected chi connectivity index (χ3v) is 4.93. The maximum atomic E-state index is 11.5. The molecule has 1 aromatic heterocycles. The standard InChI is InChI=1S/C14H11N5O4S2/c15-13(21)10-5-7(1-4-12(10)20)17-18-14-9-6-8(25(16,22)23)2-3-11(9)19-24-14/h1-6,20H,(H2,15,21)(H2,16,22,23). The van der Waals surface area contributed by atoms with Crippen LogP contribution in [0.3, 0.4) is 0 Å². The number of primary amides is 1. The molecule has 0 fully saturated rings. The van der Waals surface area contributed by atoms with Crippen LogP contribution in [0.25, 0.3) is 10.9 Å². The summed E-state index contributed by atoms with van der Waals surface area (Å²) in [7, 11) is -3.85. The topological polar surface area (TPSA) is 161 Å². The van der Waals surface area contributed by atoms with Gasteiger partial charge >= 0.3 is 0 Å². The molecule has 11 heteroatoms. The van der Waals surface area contributed by atoms with Crippen molar-refractivity contribution in [2.45, 2.75) is 4.90 Å². The molecule has 0 bridgehead atoms. The van der Waals surface area contributed by atoms with Crippen LogP contribution in [0.4, 0.5) is 10.7 Å². The van der Waals surface area contributed by atoms with Gasteiger partial charge in [-0.15, -0.1) is 10.2 Å². The Morgan fingerprint density at radius 1 is 1.16 bits per heavy atom. The van der Waals surface area contributed by atoms with Crippen molar-refractivity contribution >= 4 is 49.1 Å². The summed E-state index contributed by atoms with van der Waals surface area (Å²) < 4.78 is 27.1. The summed E-state index contributed by atoms with van der Waals surface area (Å²) in [6.45, 7) is 0. The van der Waals surface area contributed by atoms with Gasteiger partial charge in [0.1, 0.15) is 5.75 Å². The van der Waals surface area contributed by atoms with Crippen LogP contribution in [-0.2, 0) is 10.0 Å². The van der Waals surface area contributed by atoms with Gasteiger partial charge in [0.25, 0.3) is 5.91 Å². The molecule has 0 aliphatic rings. The SMILES string of the molecule is NC(=O)c1cc(N=Nc2snc3ccc(S(N)(=O)=O)cc23)ccc1O. The number of sulfonamides is 1. The number of phenols is 1. The first-order valence-electron chi connectivity index (χ1n) is 6.72. The zero-order valence-corrected chi connectivity index (χ0v) is 14.1. The van der Waals surface area contributed by atoms with Gasteiger partial charge in [0.15, 0.2) is 5.00 Å². The van der Waals surface area contributed by atoms with Crippen LogP contribution in [-0.4, -0.2) is 23.8 Å². The van der Waals surface area contributed by atoms with E-state index in [1.54, 1.807) is 0 Å². The molecule has 3 rings (SSSR count). The Morgan fingerprint density at radius 3 is 2.60 bits per heavy atom. The normalized spacial score (nSPS) is 12.0. The lowest BCUT2D eigenvalue weighted by Gasteiger charge is -2.00. The molecule has 25 heavy (non-hydrogen) atoms. The molecule has 9 nitrogen and oxygen atoms in total. The van der Waals surface area contributed by atoms with Gasteiger partial charge in [-0.05, 0) is 47.9 Å². The molecule has 0 aliphatic heterocycles. The zero-order valence-electron chi connectivity index (χ0n) is 12.4. The van der Waals surface area contributed by atoms with Gasteiger partial charge in [0.05, 0.1) is 21.7 Å². The van der Waals surface area contributed by atoms with Gasteiger partial charge in [-0.3, -0.25) is 4.79 Å². The first kappa shape index (κ1) is 17.0. The van der Waals surface area contributed by atoms with Crippen molar-refractivity contribution in [1.82, 2.24) is 4.37 Å². The summed E-state index contributed by atoms with van der Waals surface area (Å²) in [4.78, 5) is 11.2. The number of rotatable bonds is 4. The molecule has 0 unspecified atom stereocenters. The van der Waals surface area contributed by atoms with Gasteiger partial charge in [-0.25, -0.2) is 13.6 Å². The fourth-order valence-electron chi connectivity index (χ4n) is 2.04. The minimum atomic E-state index is -3.85. The van der Waals surface area contributed by atoms with Gasteiger partial charge in [-0.2, -0.15) is 4.37 Å². The smallest absolute Gasteiger partial charge is 0.252 e. The second kappa shape index (κ2) is 6.20. The molecule has 0 saturated heterocycles. The highest BCUT2D eigenvalue weighted by Gasteiger charge is 2.13. The van der Waals surface area contributed by atoms with Gasteiger partial charge in [0, 0.05) is 5.39 Å². The maximum absolute atomic E-state index is 11.5. The van der Waals surface area contributed by atoms with Gasteiger partial charge in [-0.1, -0.05) is 0 Å². The van der Waals surface area contributed by atoms with Gasteiger partial charge < -0.3 is 10.8 Å². The van der Waals surface area contributed by atoms with Crippen LogP contribution < -0.4 is 10.9 Å². The second-order valence-corrected chi connectivity index (χ2v) is 7.29. The lowest BCUT2D eigenvalue weighted by molar-refractivity contribution is 0.0998. The van der Waals surface area contributed by atoms with Crippen molar-refractivity contribution in [3.63, 3.8) is 0 Å². The van der Waals surface area contributed by atoms with Gasteiger partial charge in [0.2, 0.25) is 10.0 Å². The highest BCUT2D eigenvalue weighted by atomic mass is 32.2. The van der Waals surface area contributed by atoms with Crippen molar-refractivity contribution in [3.05, 3.63) is 42.0 Å². The summed E-state index contributed by atoms with van der Waals surface area (Å²) >= 11 is 1.03. The third kappa shape index (κ3) is 3.47. The summed E-state index contributed by atoms with van der Waals surface area (Å²) in [6, 6.07) is 8.27. The quantitative estimate of drug-likeness (QED) is 0.593. The molecule has 5 N–H and O–H groups in total. The Hall–Kier alpha value is -2.89. The minimum absolute atomic E-state index is 0.0581. The maximum Gasteiger partial charge on any atom is 0.252 e. The van der Waals surface area contributed by atoms with Crippen LogP contribution in [0.15, 0.2) is 51.5 Å². The molecular formula is C14H11N5O4S2. The predicted octanol–water partition coefficient (Wildman–Crippen LogP) is 2.16. The summed E-state index contributed by atoms with van der Waals surface area (Å²) in [5, 5.41) is 23.5. The second-order valence-electron chi connectivity index (χ2n) is 4.98. The molecule has 128 valence electrons. The lowest BCUT2D eigenvalue weighted by atomic mass is 10.2. The number of carbonyl (C=O) groups is 1. The predicted molar refractivity (Wildman–Crippen MR) is 91.8 cm³/mol.